The fourth-order valence-corrected chi connectivity index (χ4v) is 3.98. The van der Waals surface area contributed by atoms with Gasteiger partial charge >= 0.3 is 0 Å². The summed E-state index contributed by atoms with van der Waals surface area (Å²) in [5, 5.41) is 4.99. The van der Waals surface area contributed by atoms with Crippen molar-refractivity contribution >= 4 is 22.9 Å². The first-order valence-corrected chi connectivity index (χ1v) is 8.81. The van der Waals surface area contributed by atoms with Crippen LogP contribution in [0.4, 0.5) is 5.69 Å². The van der Waals surface area contributed by atoms with E-state index < -0.39 is 0 Å². The van der Waals surface area contributed by atoms with Crippen LogP contribution in [0.3, 0.4) is 0 Å². The smallest absolute Gasteiger partial charge is 0.270 e. The molecule has 0 aliphatic carbocycles. The first kappa shape index (κ1) is 15.1. The summed E-state index contributed by atoms with van der Waals surface area (Å²) in [5.74, 6) is 0.0299. The molecule has 0 N–H and O–H groups in total. The predicted octanol–water partition coefficient (Wildman–Crippen LogP) is 3.53. The van der Waals surface area contributed by atoms with Crippen LogP contribution in [0.5, 0.6) is 0 Å². The van der Waals surface area contributed by atoms with Crippen LogP contribution in [0, 0.1) is 0 Å². The number of amides is 1. The number of rotatable bonds is 2. The summed E-state index contributed by atoms with van der Waals surface area (Å²) in [5.41, 5.74) is 3.20. The fourth-order valence-electron chi connectivity index (χ4n) is 3.15. The molecule has 0 bridgehead atoms. The summed E-state index contributed by atoms with van der Waals surface area (Å²) in [7, 11) is 1.87. The number of nitrogens with zero attached hydrogens (tertiary/aromatic N) is 4. The zero-order chi connectivity index (χ0) is 16.7. The predicted molar refractivity (Wildman–Crippen MR) is 95.4 cm³/mol. The number of benzene rings is 1. The molecule has 122 valence electrons. The summed E-state index contributed by atoms with van der Waals surface area (Å²) in [6.07, 6.45) is 7.36. The number of anilines is 1. The normalized spacial score (nSPS) is 16.9. The Kier molecular flexibility index (Phi) is 3.69. The molecule has 0 saturated carbocycles. The molecule has 0 radical (unpaired) electrons. The van der Waals surface area contributed by atoms with Crippen LogP contribution in [0.15, 0.2) is 42.9 Å². The molecule has 1 aliphatic heterocycles. The molecule has 2 aromatic heterocycles. The number of thiazole rings is 1. The van der Waals surface area contributed by atoms with Crippen LogP contribution in [0.25, 0.3) is 10.6 Å². The molecule has 0 saturated heterocycles. The zero-order valence-corrected chi connectivity index (χ0v) is 14.5. The molecule has 6 heteroatoms. The van der Waals surface area contributed by atoms with Gasteiger partial charge in [0.1, 0.15) is 9.88 Å². The van der Waals surface area contributed by atoms with Crippen molar-refractivity contribution in [3.63, 3.8) is 0 Å². The third-order valence-corrected chi connectivity index (χ3v) is 5.44. The molecule has 0 spiro atoms. The average molecular weight is 338 g/mol. The largest absolute Gasteiger partial charge is 0.305 e. The van der Waals surface area contributed by atoms with Crippen molar-refractivity contribution in [1.29, 1.82) is 0 Å². The van der Waals surface area contributed by atoms with Gasteiger partial charge in [-0.25, -0.2) is 4.98 Å². The number of aromatic nitrogens is 3. The number of aryl methyl sites for hydroxylation is 2. The summed E-state index contributed by atoms with van der Waals surface area (Å²) < 4.78 is 1.74. The molecule has 1 aromatic carbocycles. The minimum Gasteiger partial charge on any atom is -0.305 e. The summed E-state index contributed by atoms with van der Waals surface area (Å²) in [6.45, 7) is 2.11. The van der Waals surface area contributed by atoms with Crippen LogP contribution in [-0.2, 0) is 13.5 Å². The fraction of sp³-hybridized carbons (Fsp3) is 0.278. The molecular weight excluding hydrogens is 320 g/mol. The van der Waals surface area contributed by atoms with Crippen LogP contribution in [0.2, 0.25) is 0 Å². The number of fused-ring (bicyclic) bond motifs is 1. The summed E-state index contributed by atoms with van der Waals surface area (Å²) >= 11 is 1.42. The zero-order valence-electron chi connectivity index (χ0n) is 13.6. The lowest BCUT2D eigenvalue weighted by molar-refractivity contribution is 0.0979. The SMILES string of the molecule is CC1CCc2ccccc2N1C(=O)c1cnc(-c2cnn(C)c2)s1. The van der Waals surface area contributed by atoms with E-state index in [1.54, 1.807) is 17.1 Å². The topological polar surface area (TPSA) is 51.0 Å². The van der Waals surface area contributed by atoms with Gasteiger partial charge < -0.3 is 4.90 Å². The van der Waals surface area contributed by atoms with Gasteiger partial charge in [-0.3, -0.25) is 9.48 Å². The number of carbonyl (C=O) groups excluding carboxylic acids is 1. The van der Waals surface area contributed by atoms with Crippen LogP contribution in [-0.4, -0.2) is 26.7 Å². The van der Waals surface area contributed by atoms with Crippen molar-refractivity contribution in [2.45, 2.75) is 25.8 Å². The number of hydrogen-bond acceptors (Lipinski definition) is 4. The van der Waals surface area contributed by atoms with E-state index >= 15 is 0 Å². The van der Waals surface area contributed by atoms with Crippen LogP contribution >= 0.6 is 11.3 Å². The highest BCUT2D eigenvalue weighted by atomic mass is 32.1. The Labute approximate surface area is 144 Å². The van der Waals surface area contributed by atoms with E-state index in [1.807, 2.05) is 36.3 Å². The Morgan fingerprint density at radius 3 is 2.92 bits per heavy atom. The number of hydrogen-bond donors (Lipinski definition) is 0. The third-order valence-electron chi connectivity index (χ3n) is 4.41. The lowest BCUT2D eigenvalue weighted by Gasteiger charge is -2.34. The minimum atomic E-state index is 0.0299. The van der Waals surface area contributed by atoms with E-state index in [0.717, 1.165) is 29.1 Å². The lowest BCUT2D eigenvalue weighted by atomic mass is 9.96. The Bertz CT molecular complexity index is 898. The molecule has 1 amide bonds. The van der Waals surface area contributed by atoms with Crippen molar-refractivity contribution in [2.24, 2.45) is 7.05 Å². The molecule has 4 rings (SSSR count). The number of carbonyl (C=O) groups is 1. The molecule has 1 unspecified atom stereocenters. The first-order chi connectivity index (χ1) is 11.6. The Balaban J connectivity index is 1.68. The summed E-state index contributed by atoms with van der Waals surface area (Å²) in [4.78, 5) is 20.1. The minimum absolute atomic E-state index is 0.0299. The first-order valence-electron chi connectivity index (χ1n) is 8.00. The van der Waals surface area contributed by atoms with Gasteiger partial charge in [-0.1, -0.05) is 18.2 Å². The van der Waals surface area contributed by atoms with Gasteiger partial charge in [0.2, 0.25) is 0 Å². The maximum absolute atomic E-state index is 13.1. The van der Waals surface area contributed by atoms with Crippen molar-refractivity contribution in [2.75, 3.05) is 4.90 Å². The Morgan fingerprint density at radius 1 is 1.29 bits per heavy atom. The summed E-state index contributed by atoms with van der Waals surface area (Å²) in [6, 6.07) is 8.35. The highest BCUT2D eigenvalue weighted by Crippen LogP contribution is 2.33. The highest BCUT2D eigenvalue weighted by Gasteiger charge is 2.29. The molecule has 24 heavy (non-hydrogen) atoms. The quantitative estimate of drug-likeness (QED) is 0.718. The molecule has 3 aromatic rings. The van der Waals surface area contributed by atoms with Gasteiger partial charge in [0.25, 0.3) is 5.91 Å². The van der Waals surface area contributed by atoms with E-state index in [-0.39, 0.29) is 11.9 Å². The second kappa shape index (κ2) is 5.87. The van der Waals surface area contributed by atoms with Gasteiger partial charge in [-0.2, -0.15) is 5.10 Å². The third kappa shape index (κ3) is 2.53. The van der Waals surface area contributed by atoms with E-state index in [0.29, 0.717) is 4.88 Å². The standard InChI is InChI=1S/C18H18N4OS/c1-12-7-8-13-5-3-4-6-15(13)22(12)18(23)16-10-19-17(24-16)14-9-20-21(2)11-14/h3-6,9-12H,7-8H2,1-2H3. The molecule has 1 atom stereocenters. The van der Waals surface area contributed by atoms with Gasteiger partial charge in [-0.15, -0.1) is 11.3 Å². The second-order valence-electron chi connectivity index (χ2n) is 6.12. The van der Waals surface area contributed by atoms with Gasteiger partial charge in [0.05, 0.1) is 12.4 Å². The Hall–Kier alpha value is -2.47. The van der Waals surface area contributed by atoms with E-state index in [4.69, 9.17) is 0 Å². The number of para-hydroxylation sites is 1. The van der Waals surface area contributed by atoms with Crippen molar-refractivity contribution in [1.82, 2.24) is 14.8 Å². The average Bonchev–Trinajstić information content (AvgIpc) is 3.23. The molecule has 0 fully saturated rings. The molecule has 3 heterocycles. The van der Waals surface area contributed by atoms with Crippen LogP contribution in [0.1, 0.15) is 28.6 Å². The maximum Gasteiger partial charge on any atom is 0.270 e. The second-order valence-corrected chi connectivity index (χ2v) is 7.15. The molecular formula is C18H18N4OS. The van der Waals surface area contributed by atoms with E-state index in [9.17, 15) is 4.79 Å². The van der Waals surface area contributed by atoms with Gasteiger partial charge in [0.15, 0.2) is 0 Å². The van der Waals surface area contributed by atoms with E-state index in [1.165, 1.54) is 16.9 Å². The molecule has 1 aliphatic rings. The van der Waals surface area contributed by atoms with Crippen molar-refractivity contribution in [3.05, 3.63) is 53.3 Å². The Morgan fingerprint density at radius 2 is 2.12 bits per heavy atom. The molecule has 5 nitrogen and oxygen atoms in total. The van der Waals surface area contributed by atoms with Gasteiger partial charge in [0, 0.05) is 30.5 Å². The van der Waals surface area contributed by atoms with Gasteiger partial charge in [-0.05, 0) is 31.4 Å². The van der Waals surface area contributed by atoms with Crippen molar-refractivity contribution < 1.29 is 4.79 Å². The van der Waals surface area contributed by atoms with E-state index in [2.05, 4.69) is 23.1 Å². The van der Waals surface area contributed by atoms with Crippen LogP contribution < -0.4 is 4.90 Å². The maximum atomic E-state index is 13.1. The highest BCUT2D eigenvalue weighted by molar-refractivity contribution is 7.17. The van der Waals surface area contributed by atoms with Crippen molar-refractivity contribution in [3.8, 4) is 10.6 Å². The monoisotopic (exact) mass is 338 g/mol. The lowest BCUT2D eigenvalue weighted by Crippen LogP contribution is -2.41.